The Bertz CT molecular complexity index is 886. The van der Waals surface area contributed by atoms with Crippen molar-refractivity contribution in [1.82, 2.24) is 9.80 Å². The maximum Gasteiger partial charge on any atom is 0.233 e. The molecular weight excluding hydrogens is 398 g/mol. The van der Waals surface area contributed by atoms with Crippen molar-refractivity contribution in [3.63, 3.8) is 0 Å². The van der Waals surface area contributed by atoms with Gasteiger partial charge in [0.25, 0.3) is 0 Å². The van der Waals surface area contributed by atoms with Crippen molar-refractivity contribution >= 4 is 23.6 Å². The Labute approximate surface area is 172 Å². The number of piperazine rings is 1. The molecule has 0 N–H and O–H groups in total. The number of hydrogen-bond donors (Lipinski definition) is 0. The van der Waals surface area contributed by atoms with Gasteiger partial charge in [0.15, 0.2) is 11.6 Å². The summed E-state index contributed by atoms with van der Waals surface area (Å²) < 4.78 is 31.4. The van der Waals surface area contributed by atoms with E-state index in [0.717, 1.165) is 17.7 Å². The third-order valence-electron chi connectivity index (χ3n) is 4.73. The lowest BCUT2D eigenvalue weighted by Gasteiger charge is -2.35. The minimum absolute atomic E-state index is 0.0153. The third kappa shape index (κ3) is 5.69. The van der Waals surface area contributed by atoms with Gasteiger partial charge in [-0.2, -0.15) is 0 Å². The molecule has 5 nitrogen and oxygen atoms in total. The number of ether oxygens (including phenoxy) is 1. The highest BCUT2D eigenvalue weighted by atomic mass is 32.2. The number of nitrogens with zero attached hydrogens (tertiary/aromatic N) is 2. The minimum Gasteiger partial charge on any atom is -0.497 e. The maximum atomic E-state index is 13.2. The van der Waals surface area contributed by atoms with Crippen LogP contribution in [0.15, 0.2) is 47.4 Å². The molecule has 154 valence electrons. The molecule has 2 aromatic carbocycles. The zero-order valence-electron chi connectivity index (χ0n) is 16.1. The molecule has 1 heterocycles. The molecule has 8 heteroatoms. The van der Waals surface area contributed by atoms with Crippen LogP contribution in [0, 0.1) is 11.6 Å². The van der Waals surface area contributed by atoms with E-state index in [1.165, 1.54) is 17.8 Å². The molecule has 2 amide bonds. The van der Waals surface area contributed by atoms with Crippen molar-refractivity contribution in [3.05, 3.63) is 59.7 Å². The van der Waals surface area contributed by atoms with Gasteiger partial charge in [-0.3, -0.25) is 9.59 Å². The Morgan fingerprint density at radius 2 is 1.66 bits per heavy atom. The van der Waals surface area contributed by atoms with Gasteiger partial charge in [0.1, 0.15) is 5.75 Å². The number of halogens is 2. The van der Waals surface area contributed by atoms with Gasteiger partial charge >= 0.3 is 0 Å². The van der Waals surface area contributed by atoms with E-state index in [-0.39, 0.29) is 24.0 Å². The van der Waals surface area contributed by atoms with Crippen LogP contribution in [0.1, 0.15) is 5.56 Å². The molecule has 1 aliphatic heterocycles. The first-order valence-electron chi connectivity index (χ1n) is 9.22. The second kappa shape index (κ2) is 9.73. The average molecular weight is 420 g/mol. The molecule has 1 saturated heterocycles. The highest BCUT2D eigenvalue weighted by Gasteiger charge is 2.24. The summed E-state index contributed by atoms with van der Waals surface area (Å²) in [5, 5.41) is 0. The molecule has 0 aromatic heterocycles. The molecule has 29 heavy (non-hydrogen) atoms. The fraction of sp³-hybridized carbons (Fsp3) is 0.333. The Morgan fingerprint density at radius 1 is 0.966 bits per heavy atom. The van der Waals surface area contributed by atoms with Crippen molar-refractivity contribution < 1.29 is 23.1 Å². The van der Waals surface area contributed by atoms with Crippen molar-refractivity contribution in [3.8, 4) is 5.75 Å². The molecule has 2 aromatic rings. The minimum atomic E-state index is -0.925. The molecule has 3 rings (SSSR count). The van der Waals surface area contributed by atoms with Crippen molar-refractivity contribution in [1.29, 1.82) is 0 Å². The van der Waals surface area contributed by atoms with Crippen molar-refractivity contribution in [2.24, 2.45) is 0 Å². The third-order valence-corrected chi connectivity index (χ3v) is 5.71. The van der Waals surface area contributed by atoms with E-state index < -0.39 is 11.6 Å². The first-order valence-corrected chi connectivity index (χ1v) is 10.2. The standard InChI is InChI=1S/C21H22F2N2O3S/c1-28-16-4-2-3-15(11-16)12-20(26)24-7-9-25(10-8-24)21(27)14-29-17-5-6-18(22)19(23)13-17/h2-6,11,13H,7-10,12,14H2,1H3. The molecule has 0 atom stereocenters. The molecule has 0 aliphatic carbocycles. The number of carbonyl (C=O) groups excluding carboxylic acids is 2. The molecule has 0 bridgehead atoms. The topological polar surface area (TPSA) is 49.9 Å². The Kier molecular flexibility index (Phi) is 7.09. The van der Waals surface area contributed by atoms with Crippen LogP contribution in [0.5, 0.6) is 5.75 Å². The summed E-state index contributed by atoms with van der Waals surface area (Å²) in [5.74, 6) is -1.05. The molecular formula is C21H22F2N2O3S. The Morgan fingerprint density at radius 3 is 2.31 bits per heavy atom. The van der Waals surface area contributed by atoms with Gasteiger partial charge in [-0.05, 0) is 35.9 Å². The van der Waals surface area contributed by atoms with Gasteiger partial charge in [-0.25, -0.2) is 8.78 Å². The largest absolute Gasteiger partial charge is 0.497 e. The first-order chi connectivity index (χ1) is 14.0. The van der Waals surface area contributed by atoms with Gasteiger partial charge in [-0.15, -0.1) is 11.8 Å². The van der Waals surface area contributed by atoms with Crippen LogP contribution < -0.4 is 4.74 Å². The normalized spacial score (nSPS) is 14.0. The van der Waals surface area contributed by atoms with E-state index in [1.54, 1.807) is 16.9 Å². The lowest BCUT2D eigenvalue weighted by atomic mass is 10.1. The van der Waals surface area contributed by atoms with Gasteiger partial charge in [0.2, 0.25) is 11.8 Å². The SMILES string of the molecule is COc1cccc(CC(=O)N2CCN(C(=O)CSc3ccc(F)c(F)c3)CC2)c1. The average Bonchev–Trinajstić information content (AvgIpc) is 2.74. The smallest absolute Gasteiger partial charge is 0.233 e. The lowest BCUT2D eigenvalue weighted by Crippen LogP contribution is -2.51. The first kappa shape index (κ1) is 21.1. The molecule has 0 spiro atoms. The summed E-state index contributed by atoms with van der Waals surface area (Å²) in [4.78, 5) is 28.9. The molecule has 1 aliphatic rings. The van der Waals surface area contributed by atoms with Gasteiger partial charge in [0.05, 0.1) is 19.3 Å². The predicted octanol–water partition coefficient (Wildman–Crippen LogP) is 2.98. The van der Waals surface area contributed by atoms with E-state index in [9.17, 15) is 18.4 Å². The number of carbonyl (C=O) groups is 2. The molecule has 0 saturated carbocycles. The van der Waals surface area contributed by atoms with E-state index in [0.29, 0.717) is 36.8 Å². The molecule has 0 radical (unpaired) electrons. The van der Waals surface area contributed by atoms with Gasteiger partial charge in [0, 0.05) is 31.1 Å². The summed E-state index contributed by atoms with van der Waals surface area (Å²) >= 11 is 1.17. The number of thioether (sulfide) groups is 1. The number of methoxy groups -OCH3 is 1. The second-order valence-electron chi connectivity index (χ2n) is 6.65. The van der Waals surface area contributed by atoms with E-state index in [1.807, 2.05) is 24.3 Å². The summed E-state index contributed by atoms with van der Waals surface area (Å²) in [6, 6.07) is 11.0. The quantitative estimate of drug-likeness (QED) is 0.675. The lowest BCUT2D eigenvalue weighted by molar-refractivity contribution is -0.137. The fourth-order valence-corrected chi connectivity index (χ4v) is 3.90. The maximum absolute atomic E-state index is 13.2. The Balaban J connectivity index is 1.45. The number of amides is 2. The van der Waals surface area contributed by atoms with Crippen LogP contribution in [-0.4, -0.2) is 60.7 Å². The van der Waals surface area contributed by atoms with Crippen LogP contribution in [0.2, 0.25) is 0 Å². The van der Waals surface area contributed by atoms with Crippen molar-refractivity contribution in [2.45, 2.75) is 11.3 Å². The van der Waals surface area contributed by atoms with Crippen LogP contribution in [0.4, 0.5) is 8.78 Å². The highest BCUT2D eigenvalue weighted by molar-refractivity contribution is 8.00. The number of benzene rings is 2. The zero-order valence-corrected chi connectivity index (χ0v) is 16.9. The van der Waals surface area contributed by atoms with Crippen molar-refractivity contribution in [2.75, 3.05) is 39.0 Å². The zero-order chi connectivity index (χ0) is 20.8. The number of hydrogen-bond acceptors (Lipinski definition) is 4. The van der Waals surface area contributed by atoms with Crippen LogP contribution in [0.3, 0.4) is 0 Å². The van der Waals surface area contributed by atoms with Crippen LogP contribution >= 0.6 is 11.8 Å². The van der Waals surface area contributed by atoms with Gasteiger partial charge < -0.3 is 14.5 Å². The van der Waals surface area contributed by atoms with Crippen LogP contribution in [0.25, 0.3) is 0 Å². The summed E-state index contributed by atoms with van der Waals surface area (Å²) in [6.45, 7) is 1.87. The van der Waals surface area contributed by atoms with Gasteiger partial charge in [-0.1, -0.05) is 12.1 Å². The molecule has 1 fully saturated rings. The predicted molar refractivity (Wildman–Crippen MR) is 107 cm³/mol. The fourth-order valence-electron chi connectivity index (χ4n) is 3.08. The monoisotopic (exact) mass is 420 g/mol. The van der Waals surface area contributed by atoms with E-state index >= 15 is 0 Å². The molecule has 0 unspecified atom stereocenters. The number of rotatable bonds is 6. The summed E-state index contributed by atoms with van der Waals surface area (Å²) in [7, 11) is 1.59. The van der Waals surface area contributed by atoms with Crippen LogP contribution in [-0.2, 0) is 16.0 Å². The summed E-state index contributed by atoms with van der Waals surface area (Å²) in [5.41, 5.74) is 0.885. The van der Waals surface area contributed by atoms with E-state index in [2.05, 4.69) is 0 Å². The Hall–Kier alpha value is -2.61. The summed E-state index contributed by atoms with van der Waals surface area (Å²) in [6.07, 6.45) is 0.289. The van der Waals surface area contributed by atoms with E-state index in [4.69, 9.17) is 4.74 Å². The second-order valence-corrected chi connectivity index (χ2v) is 7.70. The highest BCUT2D eigenvalue weighted by Crippen LogP contribution is 2.21.